The molecule has 6 nitrogen and oxygen atoms in total. The molecule has 0 spiro atoms. The smallest absolute Gasteiger partial charge is 0.255 e. The highest BCUT2D eigenvalue weighted by atomic mass is 16.5. The maximum atomic E-state index is 12.2. The summed E-state index contributed by atoms with van der Waals surface area (Å²) >= 11 is 0. The third-order valence-corrected chi connectivity index (χ3v) is 3.00. The molecule has 1 aromatic carbocycles. The second-order valence-corrected chi connectivity index (χ2v) is 4.14. The van der Waals surface area contributed by atoms with Crippen molar-refractivity contribution < 1.29 is 24.1 Å². The third-order valence-electron chi connectivity index (χ3n) is 3.00. The Morgan fingerprint density at radius 2 is 1.85 bits per heavy atom. The molecule has 1 atom stereocenters. The number of amides is 1. The van der Waals surface area contributed by atoms with Crippen LogP contribution in [-0.2, 0) is 0 Å². The van der Waals surface area contributed by atoms with E-state index in [4.69, 9.17) is 19.3 Å². The molecule has 2 N–H and O–H groups in total. The zero-order valence-corrected chi connectivity index (χ0v) is 12.2. The molecule has 1 rings (SSSR count). The molecular formula is C14H21NO5. The zero-order chi connectivity index (χ0) is 15.1. The summed E-state index contributed by atoms with van der Waals surface area (Å²) in [6.45, 7) is 1.77. The molecule has 0 saturated heterocycles. The molecule has 0 saturated carbocycles. The van der Waals surface area contributed by atoms with E-state index < -0.39 is 0 Å². The van der Waals surface area contributed by atoms with Crippen molar-refractivity contribution in [3.05, 3.63) is 17.7 Å². The first-order chi connectivity index (χ1) is 9.62. The summed E-state index contributed by atoms with van der Waals surface area (Å²) in [5, 5.41) is 11.9. The van der Waals surface area contributed by atoms with Crippen molar-refractivity contribution in [3.8, 4) is 17.2 Å². The second kappa shape index (κ2) is 7.59. The number of benzene rings is 1. The van der Waals surface area contributed by atoms with Crippen molar-refractivity contribution in [3.63, 3.8) is 0 Å². The molecule has 0 fully saturated rings. The van der Waals surface area contributed by atoms with Crippen LogP contribution in [-0.4, -0.2) is 45.0 Å². The molecule has 0 aliphatic rings. The minimum Gasteiger partial charge on any atom is -0.493 e. The van der Waals surface area contributed by atoms with E-state index in [0.29, 0.717) is 29.2 Å². The highest BCUT2D eigenvalue weighted by molar-refractivity contribution is 5.98. The standard InChI is InChI=1S/C14H21NO5/c1-5-9(8-16)15-14(17)10-6-7-11(18-2)13(20-4)12(10)19-3/h6-7,9,16H,5,8H2,1-4H3,(H,15,17)/t9-/m0/s1. The van der Waals surface area contributed by atoms with Crippen LogP contribution in [0, 0.1) is 0 Å². The van der Waals surface area contributed by atoms with E-state index in [-0.39, 0.29) is 18.6 Å². The van der Waals surface area contributed by atoms with Gasteiger partial charge < -0.3 is 24.6 Å². The summed E-state index contributed by atoms with van der Waals surface area (Å²) < 4.78 is 15.6. The quantitative estimate of drug-likeness (QED) is 0.786. The normalized spacial score (nSPS) is 11.7. The Kier molecular flexibility index (Phi) is 6.11. The van der Waals surface area contributed by atoms with Gasteiger partial charge >= 0.3 is 0 Å². The lowest BCUT2D eigenvalue weighted by atomic mass is 10.1. The molecule has 112 valence electrons. The van der Waals surface area contributed by atoms with Gasteiger partial charge in [-0.25, -0.2) is 0 Å². The van der Waals surface area contributed by atoms with Gasteiger partial charge in [0.05, 0.1) is 39.5 Å². The first-order valence-corrected chi connectivity index (χ1v) is 6.33. The summed E-state index contributed by atoms with van der Waals surface area (Å²) in [7, 11) is 4.44. The average molecular weight is 283 g/mol. The molecule has 6 heteroatoms. The molecule has 0 radical (unpaired) electrons. The molecular weight excluding hydrogens is 262 g/mol. The van der Waals surface area contributed by atoms with Crippen LogP contribution in [0.25, 0.3) is 0 Å². The Balaban J connectivity index is 3.14. The van der Waals surface area contributed by atoms with Gasteiger partial charge in [0.2, 0.25) is 5.75 Å². The lowest BCUT2D eigenvalue weighted by Gasteiger charge is -2.18. The number of methoxy groups -OCH3 is 3. The molecule has 0 unspecified atom stereocenters. The highest BCUT2D eigenvalue weighted by Crippen LogP contribution is 2.39. The molecule has 0 aliphatic heterocycles. The molecule has 20 heavy (non-hydrogen) atoms. The van der Waals surface area contributed by atoms with E-state index in [1.165, 1.54) is 21.3 Å². The number of hydrogen-bond acceptors (Lipinski definition) is 5. The van der Waals surface area contributed by atoms with Gasteiger partial charge in [-0.3, -0.25) is 4.79 Å². The molecule has 0 heterocycles. The fraction of sp³-hybridized carbons (Fsp3) is 0.500. The van der Waals surface area contributed by atoms with Crippen molar-refractivity contribution in [1.29, 1.82) is 0 Å². The van der Waals surface area contributed by atoms with Crippen LogP contribution in [0.2, 0.25) is 0 Å². The van der Waals surface area contributed by atoms with E-state index >= 15 is 0 Å². The van der Waals surface area contributed by atoms with Gasteiger partial charge in [-0.2, -0.15) is 0 Å². The van der Waals surface area contributed by atoms with Crippen molar-refractivity contribution >= 4 is 5.91 Å². The lowest BCUT2D eigenvalue weighted by Crippen LogP contribution is -2.37. The Hall–Kier alpha value is -1.95. The monoisotopic (exact) mass is 283 g/mol. The van der Waals surface area contributed by atoms with E-state index in [1.807, 2.05) is 6.92 Å². The fourth-order valence-electron chi connectivity index (χ4n) is 1.82. The number of carbonyl (C=O) groups excluding carboxylic acids is 1. The van der Waals surface area contributed by atoms with Crippen molar-refractivity contribution in [2.75, 3.05) is 27.9 Å². The minimum absolute atomic E-state index is 0.113. The number of rotatable bonds is 7. The van der Waals surface area contributed by atoms with Crippen LogP contribution < -0.4 is 19.5 Å². The van der Waals surface area contributed by atoms with Crippen LogP contribution in [0.5, 0.6) is 17.2 Å². The fourth-order valence-corrected chi connectivity index (χ4v) is 1.82. The summed E-state index contributed by atoms with van der Waals surface area (Å²) in [5.41, 5.74) is 0.331. The number of carbonyl (C=O) groups is 1. The SMILES string of the molecule is CC[C@@H](CO)NC(=O)c1ccc(OC)c(OC)c1OC. The molecule has 1 amide bonds. The topological polar surface area (TPSA) is 77.0 Å². The van der Waals surface area contributed by atoms with Crippen LogP contribution >= 0.6 is 0 Å². The number of ether oxygens (including phenoxy) is 3. The Labute approximate surface area is 118 Å². The van der Waals surface area contributed by atoms with Crippen LogP contribution in [0.15, 0.2) is 12.1 Å². The number of aliphatic hydroxyl groups excluding tert-OH is 1. The maximum absolute atomic E-state index is 12.2. The summed E-state index contributed by atoms with van der Waals surface area (Å²) in [4.78, 5) is 12.2. The lowest BCUT2D eigenvalue weighted by molar-refractivity contribution is 0.0911. The summed E-state index contributed by atoms with van der Waals surface area (Å²) in [5.74, 6) is 0.815. The minimum atomic E-state index is -0.330. The number of aliphatic hydroxyl groups is 1. The Morgan fingerprint density at radius 3 is 2.30 bits per heavy atom. The van der Waals surface area contributed by atoms with Crippen molar-refractivity contribution in [2.24, 2.45) is 0 Å². The second-order valence-electron chi connectivity index (χ2n) is 4.14. The van der Waals surface area contributed by atoms with Gasteiger partial charge in [0.25, 0.3) is 5.91 Å². The predicted octanol–water partition coefficient (Wildman–Crippen LogP) is 1.21. The van der Waals surface area contributed by atoms with Gasteiger partial charge in [-0.15, -0.1) is 0 Å². The van der Waals surface area contributed by atoms with Crippen LogP contribution in [0.1, 0.15) is 23.7 Å². The third kappa shape index (κ3) is 3.33. The van der Waals surface area contributed by atoms with Gasteiger partial charge in [-0.1, -0.05) is 6.92 Å². The van der Waals surface area contributed by atoms with Gasteiger partial charge in [0.1, 0.15) is 0 Å². The molecule has 0 aliphatic carbocycles. The largest absolute Gasteiger partial charge is 0.493 e. The van der Waals surface area contributed by atoms with E-state index in [1.54, 1.807) is 12.1 Å². The van der Waals surface area contributed by atoms with E-state index in [0.717, 1.165) is 0 Å². The van der Waals surface area contributed by atoms with Gasteiger partial charge in [-0.05, 0) is 18.6 Å². The predicted molar refractivity (Wildman–Crippen MR) is 74.7 cm³/mol. The average Bonchev–Trinajstić information content (AvgIpc) is 2.50. The Morgan fingerprint density at radius 1 is 1.20 bits per heavy atom. The Bertz CT molecular complexity index is 457. The number of hydrogen-bond donors (Lipinski definition) is 2. The van der Waals surface area contributed by atoms with Gasteiger partial charge in [0, 0.05) is 0 Å². The first-order valence-electron chi connectivity index (χ1n) is 6.33. The molecule has 0 bridgehead atoms. The summed E-state index contributed by atoms with van der Waals surface area (Å²) in [6.07, 6.45) is 0.637. The zero-order valence-electron chi connectivity index (χ0n) is 12.2. The first kappa shape index (κ1) is 16.1. The van der Waals surface area contributed by atoms with Crippen molar-refractivity contribution in [1.82, 2.24) is 5.32 Å². The highest BCUT2D eigenvalue weighted by Gasteiger charge is 2.21. The molecule has 0 aromatic heterocycles. The van der Waals surface area contributed by atoms with Crippen LogP contribution in [0.3, 0.4) is 0 Å². The van der Waals surface area contributed by atoms with E-state index in [9.17, 15) is 4.79 Å². The summed E-state index contributed by atoms with van der Waals surface area (Å²) in [6, 6.07) is 2.94. The molecule has 1 aromatic rings. The van der Waals surface area contributed by atoms with Gasteiger partial charge in [0.15, 0.2) is 11.5 Å². The maximum Gasteiger partial charge on any atom is 0.255 e. The number of nitrogens with one attached hydrogen (secondary N) is 1. The van der Waals surface area contributed by atoms with Crippen molar-refractivity contribution in [2.45, 2.75) is 19.4 Å². The van der Waals surface area contributed by atoms with Crippen LogP contribution in [0.4, 0.5) is 0 Å². The van der Waals surface area contributed by atoms with E-state index in [2.05, 4.69) is 5.32 Å².